The number of likely N-dealkylation sites (N-methyl/N-ethyl adjacent to an activating group) is 1. The van der Waals surface area contributed by atoms with E-state index in [-0.39, 0.29) is 23.7 Å². The van der Waals surface area contributed by atoms with E-state index in [0.717, 1.165) is 47.7 Å². The van der Waals surface area contributed by atoms with Crippen molar-refractivity contribution in [2.75, 3.05) is 51.8 Å². The molecule has 0 spiro atoms. The summed E-state index contributed by atoms with van der Waals surface area (Å²) in [7, 11) is 3.71. The minimum atomic E-state index is -0.0602. The van der Waals surface area contributed by atoms with Crippen LogP contribution in [0.1, 0.15) is 75.0 Å². The number of hydrogen-bond acceptors (Lipinski definition) is 6. The molecule has 0 fully saturated rings. The van der Waals surface area contributed by atoms with Crippen molar-refractivity contribution in [1.29, 1.82) is 0 Å². The molecule has 0 saturated heterocycles. The molecular weight excluding hydrogens is 552 g/mol. The van der Waals surface area contributed by atoms with Gasteiger partial charge in [0, 0.05) is 49.9 Å². The highest BCUT2D eigenvalue weighted by Gasteiger charge is 2.26. The molecule has 2 amide bonds. The van der Waals surface area contributed by atoms with Gasteiger partial charge >= 0.3 is 0 Å². The molecule has 1 aromatic heterocycles. The van der Waals surface area contributed by atoms with Crippen LogP contribution in [0.4, 0.5) is 5.69 Å². The van der Waals surface area contributed by atoms with Gasteiger partial charge in [0.1, 0.15) is 11.5 Å². The smallest absolute Gasteiger partial charge is 0.256 e. The highest BCUT2D eigenvalue weighted by atomic mass is 16.5. The number of carbonyl (C=O) groups is 2. The summed E-state index contributed by atoms with van der Waals surface area (Å²) in [6, 6.07) is 17.5. The molecule has 236 valence electrons. The first-order valence-corrected chi connectivity index (χ1v) is 15.8. The lowest BCUT2D eigenvalue weighted by atomic mass is 9.99. The zero-order chi connectivity index (χ0) is 31.8. The highest BCUT2D eigenvalue weighted by molar-refractivity contribution is 5.97. The summed E-state index contributed by atoms with van der Waals surface area (Å²) in [4.78, 5) is 38.9. The Labute approximate surface area is 263 Å². The molecule has 0 bridgehead atoms. The van der Waals surface area contributed by atoms with Gasteiger partial charge in [-0.15, -0.1) is 0 Å². The van der Waals surface area contributed by atoms with E-state index in [1.807, 2.05) is 71.3 Å². The summed E-state index contributed by atoms with van der Waals surface area (Å²) >= 11 is 0. The number of anilines is 1. The van der Waals surface area contributed by atoms with Crippen molar-refractivity contribution in [2.45, 2.75) is 59.9 Å². The molecule has 1 aliphatic heterocycles. The van der Waals surface area contributed by atoms with Gasteiger partial charge in [-0.05, 0) is 74.7 Å². The first kappa shape index (κ1) is 33.0. The average molecular weight is 601 g/mol. The van der Waals surface area contributed by atoms with E-state index in [2.05, 4.69) is 39.6 Å². The molecule has 0 saturated carbocycles. The molecule has 0 aliphatic carbocycles. The zero-order valence-corrected chi connectivity index (χ0v) is 27.4. The van der Waals surface area contributed by atoms with Gasteiger partial charge in [0.25, 0.3) is 5.91 Å². The maximum Gasteiger partial charge on any atom is 0.256 e. The maximum absolute atomic E-state index is 14.4. The molecule has 0 radical (unpaired) electrons. The average Bonchev–Trinajstić information content (AvgIpc) is 3.03. The first-order valence-electron chi connectivity index (χ1n) is 15.8. The summed E-state index contributed by atoms with van der Waals surface area (Å²) < 4.78 is 11.3. The fraction of sp³-hybridized carbons (Fsp3) is 0.472. The second-order valence-corrected chi connectivity index (χ2v) is 12.2. The van der Waals surface area contributed by atoms with Crippen LogP contribution >= 0.6 is 0 Å². The van der Waals surface area contributed by atoms with Crippen molar-refractivity contribution in [2.24, 2.45) is 5.92 Å². The molecule has 0 atom stereocenters. The Kier molecular flexibility index (Phi) is 11.4. The number of rotatable bonds is 8. The fourth-order valence-electron chi connectivity index (χ4n) is 5.64. The topological polar surface area (TPSA) is 75.2 Å². The molecule has 4 rings (SSSR count). The minimum absolute atomic E-state index is 0.0192. The fourth-order valence-corrected chi connectivity index (χ4v) is 5.64. The van der Waals surface area contributed by atoms with E-state index < -0.39 is 0 Å². The van der Waals surface area contributed by atoms with Crippen LogP contribution in [-0.4, -0.2) is 73.5 Å². The quantitative estimate of drug-likeness (QED) is 0.289. The summed E-state index contributed by atoms with van der Waals surface area (Å²) in [6.45, 7) is 13.9. The predicted molar refractivity (Wildman–Crippen MR) is 177 cm³/mol. The van der Waals surface area contributed by atoms with Gasteiger partial charge in [0.2, 0.25) is 5.91 Å². The van der Waals surface area contributed by atoms with E-state index in [1.54, 1.807) is 7.11 Å². The number of carbonyl (C=O) groups excluding carboxylic acids is 2. The third-order valence-corrected chi connectivity index (χ3v) is 7.95. The lowest BCUT2D eigenvalue weighted by Crippen LogP contribution is -2.38. The van der Waals surface area contributed by atoms with Crippen molar-refractivity contribution in [3.63, 3.8) is 0 Å². The second kappa shape index (κ2) is 15.2. The number of fused-ring (bicyclic) bond motifs is 1. The van der Waals surface area contributed by atoms with E-state index in [1.165, 1.54) is 0 Å². The van der Waals surface area contributed by atoms with Gasteiger partial charge in [-0.25, -0.2) is 0 Å². The van der Waals surface area contributed by atoms with Gasteiger partial charge in [0.05, 0.1) is 30.7 Å². The van der Waals surface area contributed by atoms with Crippen LogP contribution in [0.3, 0.4) is 0 Å². The Hall–Kier alpha value is -3.91. The van der Waals surface area contributed by atoms with Gasteiger partial charge in [0.15, 0.2) is 0 Å². The van der Waals surface area contributed by atoms with E-state index >= 15 is 0 Å². The number of ether oxygens (including phenoxy) is 2. The van der Waals surface area contributed by atoms with Crippen LogP contribution in [0, 0.1) is 5.92 Å². The van der Waals surface area contributed by atoms with Crippen molar-refractivity contribution >= 4 is 17.5 Å². The number of aromatic nitrogens is 1. The van der Waals surface area contributed by atoms with E-state index in [4.69, 9.17) is 14.5 Å². The lowest BCUT2D eigenvalue weighted by Gasteiger charge is -2.29. The molecule has 0 N–H and O–H groups in total. The summed E-state index contributed by atoms with van der Waals surface area (Å²) in [5.41, 5.74) is 4.80. The third kappa shape index (κ3) is 7.97. The Morgan fingerprint density at radius 1 is 0.955 bits per heavy atom. The lowest BCUT2D eigenvalue weighted by molar-refractivity contribution is -0.119. The number of nitrogens with zero attached hydrogens (tertiary/aromatic N) is 4. The summed E-state index contributed by atoms with van der Waals surface area (Å²) in [5, 5.41) is 0. The molecular formula is C36H48N4O4. The first-order chi connectivity index (χ1) is 21.1. The maximum atomic E-state index is 14.4. The number of pyridine rings is 1. The van der Waals surface area contributed by atoms with Gasteiger partial charge in [-0.1, -0.05) is 45.9 Å². The van der Waals surface area contributed by atoms with Crippen LogP contribution < -0.4 is 14.4 Å². The van der Waals surface area contributed by atoms with E-state index in [0.29, 0.717) is 49.7 Å². The van der Waals surface area contributed by atoms with Crippen molar-refractivity contribution in [1.82, 2.24) is 14.8 Å². The Morgan fingerprint density at radius 2 is 1.73 bits per heavy atom. The second-order valence-electron chi connectivity index (χ2n) is 12.2. The molecule has 2 heterocycles. The molecule has 0 unspecified atom stereocenters. The largest absolute Gasteiger partial charge is 0.497 e. The standard InChI is InChI=1S/C36H48N4O4/c1-8-44-33-23-28(43-7)14-15-29(33)31-17-16-30(35(37-31)26(4)5)36(42)39-21-20-38(6)18-11-19-40(34(41)22-25(2)3)32-13-10-9-12-27(32)24-39/h9-10,12-17,23,25-26H,8,11,18-22,24H2,1-7H3. The Bertz CT molecular complexity index is 1440. The normalized spacial score (nSPS) is 14.8. The predicted octanol–water partition coefficient (Wildman–Crippen LogP) is 6.64. The van der Waals surface area contributed by atoms with E-state index in [9.17, 15) is 9.59 Å². The summed E-state index contributed by atoms with van der Waals surface area (Å²) in [5.74, 6) is 1.75. The highest BCUT2D eigenvalue weighted by Crippen LogP contribution is 2.34. The van der Waals surface area contributed by atoms with Crippen LogP contribution in [0.15, 0.2) is 54.6 Å². The zero-order valence-electron chi connectivity index (χ0n) is 27.4. The Morgan fingerprint density at radius 3 is 2.43 bits per heavy atom. The monoisotopic (exact) mass is 600 g/mol. The molecule has 8 nitrogen and oxygen atoms in total. The number of para-hydroxylation sites is 1. The number of hydrogen-bond donors (Lipinski definition) is 0. The number of benzene rings is 2. The van der Waals surface area contributed by atoms with Crippen LogP contribution in [0.5, 0.6) is 11.5 Å². The summed E-state index contributed by atoms with van der Waals surface area (Å²) in [6.07, 6.45) is 1.35. The SMILES string of the molecule is CCOc1cc(OC)ccc1-c1ccc(C(=O)N2CCN(C)CCCN(C(=O)CC(C)C)c3ccccc3C2)c(C(C)C)n1. The van der Waals surface area contributed by atoms with Crippen LogP contribution in [-0.2, 0) is 11.3 Å². The minimum Gasteiger partial charge on any atom is -0.497 e. The molecule has 8 heteroatoms. The molecule has 44 heavy (non-hydrogen) atoms. The van der Waals surface area contributed by atoms with Crippen molar-refractivity contribution < 1.29 is 19.1 Å². The third-order valence-electron chi connectivity index (χ3n) is 7.95. The molecule has 3 aromatic rings. The van der Waals surface area contributed by atoms with Crippen LogP contribution in [0.2, 0.25) is 0 Å². The Balaban J connectivity index is 1.73. The van der Waals surface area contributed by atoms with Crippen molar-refractivity contribution in [3.05, 3.63) is 71.4 Å². The number of methoxy groups -OCH3 is 1. The van der Waals surface area contributed by atoms with Gasteiger partial charge in [-0.3, -0.25) is 14.6 Å². The van der Waals surface area contributed by atoms with Gasteiger partial charge < -0.3 is 24.2 Å². The molecule has 1 aliphatic rings. The number of amides is 2. The van der Waals surface area contributed by atoms with Crippen molar-refractivity contribution in [3.8, 4) is 22.8 Å². The molecule has 2 aromatic carbocycles. The van der Waals surface area contributed by atoms with Crippen LogP contribution in [0.25, 0.3) is 11.3 Å². The van der Waals surface area contributed by atoms with Gasteiger partial charge in [-0.2, -0.15) is 0 Å².